The Morgan fingerprint density at radius 3 is 2.19 bits per heavy atom. The van der Waals surface area contributed by atoms with Crippen molar-refractivity contribution in [2.45, 2.75) is 45.7 Å². The molecule has 0 aromatic heterocycles. The third-order valence-corrected chi connectivity index (χ3v) is 3.15. The van der Waals surface area contributed by atoms with E-state index in [2.05, 4.69) is 50.1 Å². The minimum atomic E-state index is 0.234. The summed E-state index contributed by atoms with van der Waals surface area (Å²) in [5.74, 6) is 0. The molecule has 0 heterocycles. The zero-order chi connectivity index (χ0) is 12.1. The Morgan fingerprint density at radius 2 is 1.75 bits per heavy atom. The van der Waals surface area contributed by atoms with Crippen LogP contribution in [0.3, 0.4) is 0 Å². The van der Waals surface area contributed by atoms with Crippen LogP contribution >= 0.6 is 0 Å². The second-order valence-electron chi connectivity index (χ2n) is 4.72. The van der Waals surface area contributed by atoms with Crippen LogP contribution in [0.2, 0.25) is 0 Å². The molecular formula is C14H24N2. The lowest BCUT2D eigenvalue weighted by Crippen LogP contribution is -2.27. The fraction of sp³-hybridized carbons (Fsp3) is 0.571. The lowest BCUT2D eigenvalue weighted by atomic mass is 10.1. The van der Waals surface area contributed by atoms with E-state index < -0.39 is 0 Å². The Hall–Kier alpha value is -1.02. The van der Waals surface area contributed by atoms with Gasteiger partial charge in [0.2, 0.25) is 0 Å². The maximum absolute atomic E-state index is 5.78. The van der Waals surface area contributed by atoms with Crippen molar-refractivity contribution in [3.63, 3.8) is 0 Å². The predicted octanol–water partition coefficient (Wildman–Crippen LogP) is 2.81. The lowest BCUT2D eigenvalue weighted by Gasteiger charge is -2.26. The molecule has 2 heteroatoms. The van der Waals surface area contributed by atoms with Crippen LogP contribution in [-0.2, 0) is 6.42 Å². The van der Waals surface area contributed by atoms with Crippen molar-refractivity contribution in [3.05, 3.63) is 29.8 Å². The molecule has 0 aliphatic rings. The van der Waals surface area contributed by atoms with E-state index >= 15 is 0 Å². The summed E-state index contributed by atoms with van der Waals surface area (Å²) >= 11 is 0. The SMILES string of the molecule is CCC(C)N(C)c1ccc(CC(C)N)cc1. The minimum absolute atomic E-state index is 0.234. The molecule has 0 radical (unpaired) electrons. The van der Waals surface area contributed by atoms with E-state index in [4.69, 9.17) is 5.73 Å². The van der Waals surface area contributed by atoms with Gasteiger partial charge in [-0.25, -0.2) is 0 Å². The maximum atomic E-state index is 5.78. The summed E-state index contributed by atoms with van der Waals surface area (Å²) in [6.07, 6.45) is 2.12. The Balaban J connectivity index is 2.70. The van der Waals surface area contributed by atoms with Gasteiger partial charge in [-0.1, -0.05) is 19.1 Å². The summed E-state index contributed by atoms with van der Waals surface area (Å²) < 4.78 is 0. The van der Waals surface area contributed by atoms with Crippen LogP contribution in [0.4, 0.5) is 5.69 Å². The average Bonchev–Trinajstić information content (AvgIpc) is 2.27. The predicted molar refractivity (Wildman–Crippen MR) is 72.0 cm³/mol. The van der Waals surface area contributed by atoms with Gasteiger partial charge in [0.05, 0.1) is 0 Å². The quantitative estimate of drug-likeness (QED) is 0.826. The average molecular weight is 220 g/mol. The molecule has 0 saturated heterocycles. The molecule has 0 aliphatic heterocycles. The Labute approximate surface area is 99.5 Å². The van der Waals surface area contributed by atoms with Gasteiger partial charge in [-0.3, -0.25) is 0 Å². The highest BCUT2D eigenvalue weighted by Crippen LogP contribution is 2.17. The van der Waals surface area contributed by atoms with Gasteiger partial charge in [-0.15, -0.1) is 0 Å². The van der Waals surface area contributed by atoms with Crippen molar-refractivity contribution < 1.29 is 0 Å². The van der Waals surface area contributed by atoms with Crippen LogP contribution in [0.25, 0.3) is 0 Å². The molecule has 0 saturated carbocycles. The molecule has 0 spiro atoms. The molecule has 1 aromatic rings. The van der Waals surface area contributed by atoms with E-state index in [-0.39, 0.29) is 6.04 Å². The zero-order valence-corrected chi connectivity index (χ0v) is 10.9. The highest BCUT2D eigenvalue weighted by molar-refractivity contribution is 5.47. The van der Waals surface area contributed by atoms with Gasteiger partial charge in [-0.05, 0) is 44.4 Å². The second kappa shape index (κ2) is 5.90. The van der Waals surface area contributed by atoms with E-state index in [1.165, 1.54) is 11.3 Å². The molecule has 2 N–H and O–H groups in total. The first-order valence-electron chi connectivity index (χ1n) is 6.12. The first kappa shape index (κ1) is 13.0. The highest BCUT2D eigenvalue weighted by atomic mass is 15.1. The van der Waals surface area contributed by atoms with Gasteiger partial charge in [-0.2, -0.15) is 0 Å². The Bertz CT molecular complexity index is 303. The summed E-state index contributed by atoms with van der Waals surface area (Å²) in [7, 11) is 2.15. The van der Waals surface area contributed by atoms with Crippen molar-refractivity contribution >= 4 is 5.69 Å². The molecule has 16 heavy (non-hydrogen) atoms. The lowest BCUT2D eigenvalue weighted by molar-refractivity contribution is 0.663. The van der Waals surface area contributed by atoms with Crippen LogP contribution in [-0.4, -0.2) is 19.1 Å². The van der Waals surface area contributed by atoms with Gasteiger partial charge in [0.15, 0.2) is 0 Å². The monoisotopic (exact) mass is 220 g/mol. The molecule has 2 unspecified atom stereocenters. The van der Waals surface area contributed by atoms with Crippen LogP contribution in [0, 0.1) is 0 Å². The molecule has 0 fully saturated rings. The van der Waals surface area contributed by atoms with E-state index in [1.54, 1.807) is 0 Å². The number of anilines is 1. The number of nitrogens with two attached hydrogens (primary N) is 1. The number of hydrogen-bond donors (Lipinski definition) is 1. The zero-order valence-electron chi connectivity index (χ0n) is 10.9. The van der Waals surface area contributed by atoms with Crippen LogP contribution < -0.4 is 10.6 Å². The molecule has 1 aromatic carbocycles. The number of benzene rings is 1. The largest absolute Gasteiger partial charge is 0.372 e. The van der Waals surface area contributed by atoms with Gasteiger partial charge in [0.1, 0.15) is 0 Å². The fourth-order valence-electron chi connectivity index (χ4n) is 1.77. The third kappa shape index (κ3) is 3.53. The van der Waals surface area contributed by atoms with E-state index in [1.807, 2.05) is 6.92 Å². The maximum Gasteiger partial charge on any atom is 0.0366 e. The fourth-order valence-corrected chi connectivity index (χ4v) is 1.77. The molecule has 90 valence electrons. The van der Waals surface area contributed by atoms with Crippen LogP contribution in [0.5, 0.6) is 0 Å². The second-order valence-corrected chi connectivity index (χ2v) is 4.72. The topological polar surface area (TPSA) is 29.3 Å². The van der Waals surface area contributed by atoms with Crippen molar-refractivity contribution in [1.82, 2.24) is 0 Å². The molecular weight excluding hydrogens is 196 g/mol. The number of hydrogen-bond acceptors (Lipinski definition) is 2. The third-order valence-electron chi connectivity index (χ3n) is 3.15. The highest BCUT2D eigenvalue weighted by Gasteiger charge is 2.07. The Kier molecular flexibility index (Phi) is 4.81. The summed E-state index contributed by atoms with van der Waals surface area (Å²) in [6, 6.07) is 9.54. The summed E-state index contributed by atoms with van der Waals surface area (Å²) in [6.45, 7) is 6.50. The molecule has 0 bridgehead atoms. The standard InChI is InChI=1S/C14H24N2/c1-5-12(3)16(4)14-8-6-13(7-9-14)10-11(2)15/h6-9,11-12H,5,10,15H2,1-4H3. The molecule has 0 amide bonds. The Morgan fingerprint density at radius 1 is 1.19 bits per heavy atom. The smallest absolute Gasteiger partial charge is 0.0366 e. The minimum Gasteiger partial charge on any atom is -0.372 e. The first-order chi connectivity index (χ1) is 7.54. The van der Waals surface area contributed by atoms with E-state index in [0.29, 0.717) is 6.04 Å². The molecule has 0 aliphatic carbocycles. The van der Waals surface area contributed by atoms with Gasteiger partial charge >= 0.3 is 0 Å². The normalized spacial score (nSPS) is 14.6. The van der Waals surface area contributed by atoms with Crippen molar-refractivity contribution in [2.75, 3.05) is 11.9 Å². The molecule has 2 nitrogen and oxygen atoms in total. The van der Waals surface area contributed by atoms with Gasteiger partial charge < -0.3 is 10.6 Å². The van der Waals surface area contributed by atoms with E-state index in [0.717, 1.165) is 12.8 Å². The van der Waals surface area contributed by atoms with Crippen molar-refractivity contribution in [2.24, 2.45) is 5.73 Å². The van der Waals surface area contributed by atoms with Gasteiger partial charge in [0.25, 0.3) is 0 Å². The number of nitrogens with zero attached hydrogens (tertiary/aromatic N) is 1. The summed E-state index contributed by atoms with van der Waals surface area (Å²) in [4.78, 5) is 2.32. The van der Waals surface area contributed by atoms with Crippen LogP contribution in [0.15, 0.2) is 24.3 Å². The summed E-state index contributed by atoms with van der Waals surface area (Å²) in [5, 5.41) is 0. The summed E-state index contributed by atoms with van der Waals surface area (Å²) in [5.41, 5.74) is 8.38. The molecule has 2 atom stereocenters. The van der Waals surface area contributed by atoms with Crippen molar-refractivity contribution in [3.8, 4) is 0 Å². The van der Waals surface area contributed by atoms with Gasteiger partial charge in [0, 0.05) is 24.8 Å². The first-order valence-corrected chi connectivity index (χ1v) is 6.12. The van der Waals surface area contributed by atoms with Crippen LogP contribution in [0.1, 0.15) is 32.8 Å². The number of rotatable bonds is 5. The molecule has 1 rings (SSSR count). The van der Waals surface area contributed by atoms with E-state index in [9.17, 15) is 0 Å². The van der Waals surface area contributed by atoms with Crippen molar-refractivity contribution in [1.29, 1.82) is 0 Å².